The molecule has 0 spiro atoms. The van der Waals surface area contributed by atoms with Crippen LogP contribution in [-0.4, -0.2) is 46.1 Å². The average molecular weight is 400 g/mol. The number of hydrogen-bond donors (Lipinski definition) is 3. The van der Waals surface area contributed by atoms with Gasteiger partial charge in [0.2, 0.25) is 5.91 Å². The zero-order chi connectivity index (χ0) is 20.8. The Morgan fingerprint density at radius 2 is 2.03 bits per heavy atom. The van der Waals surface area contributed by atoms with Gasteiger partial charge in [0.05, 0.1) is 0 Å². The first-order valence-corrected chi connectivity index (χ1v) is 9.05. The summed E-state index contributed by atoms with van der Waals surface area (Å²) in [6, 6.07) is 5.55. The largest absolute Gasteiger partial charge is 0.465 e. The lowest BCUT2D eigenvalue weighted by atomic mass is 10.1. The number of hydrogen-bond acceptors (Lipinski definition) is 5. The molecule has 1 aliphatic rings. The van der Waals surface area contributed by atoms with Gasteiger partial charge in [-0.25, -0.2) is 9.18 Å². The lowest BCUT2D eigenvalue weighted by Gasteiger charge is -2.31. The minimum Gasteiger partial charge on any atom is -0.465 e. The van der Waals surface area contributed by atoms with Crippen molar-refractivity contribution in [2.45, 2.75) is 18.9 Å². The monoisotopic (exact) mass is 400 g/mol. The van der Waals surface area contributed by atoms with Gasteiger partial charge in [0.15, 0.2) is 11.6 Å². The number of benzene rings is 1. The highest BCUT2D eigenvalue weighted by Gasteiger charge is 2.22. The van der Waals surface area contributed by atoms with Crippen LogP contribution in [0.5, 0.6) is 11.5 Å². The summed E-state index contributed by atoms with van der Waals surface area (Å²) in [7, 11) is 0. The van der Waals surface area contributed by atoms with Crippen molar-refractivity contribution in [1.82, 2.24) is 15.2 Å². The topological polar surface area (TPSA) is 118 Å². The number of piperidine rings is 1. The summed E-state index contributed by atoms with van der Waals surface area (Å²) in [5.41, 5.74) is 6.35. The van der Waals surface area contributed by atoms with Crippen LogP contribution in [0.1, 0.15) is 18.4 Å². The van der Waals surface area contributed by atoms with E-state index in [1.807, 2.05) is 0 Å². The third kappa shape index (κ3) is 5.44. The molecule has 1 fully saturated rings. The summed E-state index contributed by atoms with van der Waals surface area (Å²) in [6.45, 7) is 0.919. The van der Waals surface area contributed by atoms with Crippen molar-refractivity contribution in [1.29, 1.82) is 0 Å². The standard InChI is InChI=1S/C20H21FN4O4/c21-16-11-14(22)2-3-18(16)29-17-5-8-23-12-13(17)1-4-19(26)25-9-6-15(7-10-25)24-20(27)28/h1-5,8,11-12,15,24H,6-7,9-10,22H2,(H,27,28)/b4-1+. The van der Waals surface area contributed by atoms with Crippen LogP contribution < -0.4 is 15.8 Å². The Bertz CT molecular complexity index is 926. The third-order valence-electron chi connectivity index (χ3n) is 4.53. The van der Waals surface area contributed by atoms with Gasteiger partial charge in [-0.1, -0.05) is 0 Å². The fourth-order valence-corrected chi connectivity index (χ4v) is 3.02. The van der Waals surface area contributed by atoms with Crippen molar-refractivity contribution in [3.63, 3.8) is 0 Å². The van der Waals surface area contributed by atoms with Crippen molar-refractivity contribution < 1.29 is 23.8 Å². The van der Waals surface area contributed by atoms with Crippen LogP contribution >= 0.6 is 0 Å². The maximum Gasteiger partial charge on any atom is 0.404 e. The number of carbonyl (C=O) groups excluding carboxylic acids is 1. The Morgan fingerprint density at radius 3 is 2.72 bits per heavy atom. The second-order valence-corrected chi connectivity index (χ2v) is 6.59. The van der Waals surface area contributed by atoms with Gasteiger partial charge in [0.25, 0.3) is 0 Å². The first kappa shape index (κ1) is 20.1. The van der Waals surface area contributed by atoms with Crippen molar-refractivity contribution in [3.8, 4) is 11.5 Å². The van der Waals surface area contributed by atoms with Gasteiger partial charge in [-0.3, -0.25) is 9.78 Å². The summed E-state index contributed by atoms with van der Waals surface area (Å²) in [4.78, 5) is 28.8. The maximum atomic E-state index is 14.0. The summed E-state index contributed by atoms with van der Waals surface area (Å²) >= 11 is 0. The summed E-state index contributed by atoms with van der Waals surface area (Å²) in [5.74, 6) is -0.436. The number of likely N-dealkylation sites (tertiary alicyclic amines) is 1. The van der Waals surface area contributed by atoms with Gasteiger partial charge < -0.3 is 25.8 Å². The SMILES string of the molecule is Nc1ccc(Oc2ccncc2/C=C/C(=O)N2CCC(NC(=O)O)CC2)c(F)c1. The van der Waals surface area contributed by atoms with Crippen LogP contribution in [0.15, 0.2) is 42.7 Å². The van der Waals surface area contributed by atoms with Gasteiger partial charge in [-0.2, -0.15) is 0 Å². The van der Waals surface area contributed by atoms with Crippen molar-refractivity contribution in [3.05, 3.63) is 54.1 Å². The van der Waals surface area contributed by atoms with Crippen LogP contribution in [0.3, 0.4) is 0 Å². The highest BCUT2D eigenvalue weighted by Crippen LogP contribution is 2.28. The molecule has 0 unspecified atom stereocenters. The minimum atomic E-state index is -1.06. The van der Waals surface area contributed by atoms with E-state index in [0.29, 0.717) is 37.2 Å². The van der Waals surface area contributed by atoms with E-state index in [0.717, 1.165) is 0 Å². The number of amides is 2. The number of nitrogens with one attached hydrogen (secondary N) is 1. The molecule has 1 aromatic carbocycles. The van der Waals surface area contributed by atoms with Crippen LogP contribution in [0.4, 0.5) is 14.9 Å². The Kier molecular flexibility index (Phi) is 6.28. The van der Waals surface area contributed by atoms with Crippen molar-refractivity contribution in [2.24, 2.45) is 0 Å². The molecule has 2 heterocycles. The Balaban J connectivity index is 1.65. The Morgan fingerprint density at radius 1 is 1.28 bits per heavy atom. The molecule has 1 aliphatic heterocycles. The van der Waals surface area contributed by atoms with E-state index in [9.17, 15) is 14.0 Å². The van der Waals surface area contributed by atoms with Crippen molar-refractivity contribution in [2.75, 3.05) is 18.8 Å². The van der Waals surface area contributed by atoms with Gasteiger partial charge in [0.1, 0.15) is 5.75 Å². The fourth-order valence-electron chi connectivity index (χ4n) is 3.02. The lowest BCUT2D eigenvalue weighted by Crippen LogP contribution is -2.45. The number of nitrogens with two attached hydrogens (primary N) is 1. The number of ether oxygens (including phenoxy) is 1. The molecule has 4 N–H and O–H groups in total. The molecular formula is C20H21FN4O4. The van der Waals surface area contributed by atoms with Crippen molar-refractivity contribution >= 4 is 23.8 Å². The van der Waals surface area contributed by atoms with Crippen LogP contribution in [0, 0.1) is 5.82 Å². The molecular weight excluding hydrogens is 379 g/mol. The second-order valence-electron chi connectivity index (χ2n) is 6.59. The lowest BCUT2D eigenvalue weighted by molar-refractivity contribution is -0.127. The van der Waals surface area contributed by atoms with E-state index >= 15 is 0 Å². The maximum absolute atomic E-state index is 14.0. The van der Waals surface area contributed by atoms with Crippen LogP contribution in [0.25, 0.3) is 6.08 Å². The normalized spacial score (nSPS) is 14.7. The number of carboxylic acid groups (broad SMARTS) is 1. The van der Waals surface area contributed by atoms with Crippen LogP contribution in [-0.2, 0) is 4.79 Å². The number of pyridine rings is 1. The molecule has 1 saturated heterocycles. The number of anilines is 1. The van der Waals surface area contributed by atoms with Gasteiger partial charge in [0, 0.05) is 54.9 Å². The number of halogens is 1. The molecule has 9 heteroatoms. The van der Waals surface area contributed by atoms with E-state index in [-0.39, 0.29) is 23.4 Å². The van der Waals surface area contributed by atoms with Gasteiger partial charge >= 0.3 is 6.09 Å². The molecule has 0 radical (unpaired) electrons. The molecule has 0 saturated carbocycles. The Hall–Kier alpha value is -3.62. The highest BCUT2D eigenvalue weighted by atomic mass is 19.1. The number of nitrogens with zero attached hydrogens (tertiary/aromatic N) is 2. The van der Waals surface area contributed by atoms with Gasteiger partial charge in [-0.15, -0.1) is 0 Å². The molecule has 0 aliphatic carbocycles. The Labute approximate surface area is 166 Å². The van der Waals surface area contributed by atoms with Crippen LogP contribution in [0.2, 0.25) is 0 Å². The second kappa shape index (κ2) is 9.05. The third-order valence-corrected chi connectivity index (χ3v) is 4.53. The smallest absolute Gasteiger partial charge is 0.404 e. The van der Waals surface area contributed by atoms with E-state index in [4.69, 9.17) is 15.6 Å². The number of rotatable bonds is 5. The minimum absolute atomic E-state index is 0.0133. The zero-order valence-corrected chi connectivity index (χ0v) is 15.5. The molecule has 3 rings (SSSR count). The average Bonchev–Trinajstić information content (AvgIpc) is 2.69. The summed E-state index contributed by atoms with van der Waals surface area (Å²) < 4.78 is 19.6. The highest BCUT2D eigenvalue weighted by molar-refractivity contribution is 5.92. The number of aromatic nitrogens is 1. The summed E-state index contributed by atoms with van der Waals surface area (Å²) in [5, 5.41) is 11.2. The molecule has 8 nitrogen and oxygen atoms in total. The molecule has 2 amide bonds. The van der Waals surface area contributed by atoms with E-state index < -0.39 is 11.9 Å². The fraction of sp³-hybridized carbons (Fsp3) is 0.250. The molecule has 0 atom stereocenters. The van der Waals surface area contributed by atoms with Gasteiger partial charge in [-0.05, 0) is 37.1 Å². The zero-order valence-electron chi connectivity index (χ0n) is 15.5. The predicted molar refractivity (Wildman–Crippen MR) is 105 cm³/mol. The van der Waals surface area contributed by atoms with E-state index in [1.54, 1.807) is 17.0 Å². The first-order valence-electron chi connectivity index (χ1n) is 9.05. The molecule has 0 bridgehead atoms. The first-order chi connectivity index (χ1) is 13.9. The number of nitrogen functional groups attached to an aromatic ring is 1. The quantitative estimate of drug-likeness (QED) is 0.525. The summed E-state index contributed by atoms with van der Waals surface area (Å²) in [6.07, 6.45) is 6.03. The molecule has 152 valence electrons. The predicted octanol–water partition coefficient (Wildman–Crippen LogP) is 2.87. The number of carbonyl (C=O) groups is 2. The van der Waals surface area contributed by atoms with E-state index in [2.05, 4.69) is 10.3 Å². The molecule has 1 aromatic heterocycles. The molecule has 29 heavy (non-hydrogen) atoms. The molecule has 2 aromatic rings. The van der Waals surface area contributed by atoms with E-state index in [1.165, 1.54) is 36.7 Å².